The number of nitrogens with one attached hydrogen (secondary N) is 1. The molecule has 23 heavy (non-hydrogen) atoms. The summed E-state index contributed by atoms with van der Waals surface area (Å²) in [6, 6.07) is 3.69. The van der Waals surface area contributed by atoms with E-state index in [1.165, 1.54) is 0 Å². The Hall–Kier alpha value is -1.70. The molecule has 2 atom stereocenters. The summed E-state index contributed by atoms with van der Waals surface area (Å²) in [5, 5.41) is 17.3. The SMILES string of the molecule is Cc1nc(C2CCCN(CC(O)COCc3ccco3)C2)n[nH]1. The Balaban J connectivity index is 1.41. The molecule has 0 saturated carbocycles. The first kappa shape index (κ1) is 16.2. The third-order valence-corrected chi connectivity index (χ3v) is 4.09. The van der Waals surface area contributed by atoms with Crippen molar-refractivity contribution < 1.29 is 14.3 Å². The fraction of sp³-hybridized carbons (Fsp3) is 0.625. The molecule has 1 aliphatic rings. The van der Waals surface area contributed by atoms with Gasteiger partial charge in [-0.05, 0) is 38.4 Å². The van der Waals surface area contributed by atoms with Crippen molar-refractivity contribution >= 4 is 0 Å². The average Bonchev–Trinajstić information content (AvgIpc) is 3.19. The van der Waals surface area contributed by atoms with Gasteiger partial charge in [0.05, 0.1) is 19.0 Å². The van der Waals surface area contributed by atoms with E-state index in [4.69, 9.17) is 9.15 Å². The molecule has 2 unspecified atom stereocenters. The van der Waals surface area contributed by atoms with E-state index in [0.717, 1.165) is 43.3 Å². The van der Waals surface area contributed by atoms with Crippen LogP contribution in [0.2, 0.25) is 0 Å². The normalized spacial score (nSPS) is 20.7. The predicted octanol–water partition coefficient (Wildman–Crippen LogP) is 1.46. The maximum Gasteiger partial charge on any atom is 0.155 e. The Morgan fingerprint density at radius 1 is 1.57 bits per heavy atom. The van der Waals surface area contributed by atoms with E-state index < -0.39 is 6.10 Å². The van der Waals surface area contributed by atoms with Crippen LogP contribution in [0.5, 0.6) is 0 Å². The number of aliphatic hydroxyl groups is 1. The first-order chi connectivity index (χ1) is 11.2. The summed E-state index contributed by atoms with van der Waals surface area (Å²) in [5.41, 5.74) is 0. The highest BCUT2D eigenvalue weighted by Gasteiger charge is 2.25. The van der Waals surface area contributed by atoms with Crippen LogP contribution in [0.15, 0.2) is 22.8 Å². The van der Waals surface area contributed by atoms with Gasteiger partial charge in [-0.2, -0.15) is 5.10 Å². The number of piperidine rings is 1. The van der Waals surface area contributed by atoms with Crippen molar-refractivity contribution in [3.8, 4) is 0 Å². The lowest BCUT2D eigenvalue weighted by molar-refractivity contribution is 0.00109. The number of hydrogen-bond acceptors (Lipinski definition) is 6. The highest BCUT2D eigenvalue weighted by Crippen LogP contribution is 2.24. The molecule has 1 saturated heterocycles. The first-order valence-electron chi connectivity index (χ1n) is 8.10. The molecule has 3 heterocycles. The van der Waals surface area contributed by atoms with Crippen LogP contribution in [0.1, 0.15) is 36.2 Å². The lowest BCUT2D eigenvalue weighted by Crippen LogP contribution is -2.41. The number of β-amino-alcohol motifs (C(OH)–C–C–N with tert-alkyl or cyclic N) is 1. The summed E-state index contributed by atoms with van der Waals surface area (Å²) < 4.78 is 10.7. The second-order valence-electron chi connectivity index (χ2n) is 6.13. The molecule has 7 heteroatoms. The number of likely N-dealkylation sites (tertiary alicyclic amines) is 1. The Morgan fingerprint density at radius 3 is 3.22 bits per heavy atom. The monoisotopic (exact) mass is 320 g/mol. The summed E-state index contributed by atoms with van der Waals surface area (Å²) in [6.45, 7) is 5.10. The summed E-state index contributed by atoms with van der Waals surface area (Å²) >= 11 is 0. The van der Waals surface area contributed by atoms with Gasteiger partial charge in [0.15, 0.2) is 5.82 Å². The van der Waals surface area contributed by atoms with Crippen molar-refractivity contribution in [1.82, 2.24) is 20.1 Å². The highest BCUT2D eigenvalue weighted by atomic mass is 16.5. The second-order valence-corrected chi connectivity index (χ2v) is 6.13. The molecule has 0 aliphatic carbocycles. The molecule has 2 N–H and O–H groups in total. The van der Waals surface area contributed by atoms with Crippen LogP contribution in [0.4, 0.5) is 0 Å². The van der Waals surface area contributed by atoms with E-state index in [-0.39, 0.29) is 0 Å². The molecule has 0 amide bonds. The lowest BCUT2D eigenvalue weighted by Gasteiger charge is -2.32. The Morgan fingerprint density at radius 2 is 2.48 bits per heavy atom. The van der Waals surface area contributed by atoms with Gasteiger partial charge in [0.2, 0.25) is 0 Å². The van der Waals surface area contributed by atoms with Crippen molar-refractivity contribution in [2.75, 3.05) is 26.2 Å². The van der Waals surface area contributed by atoms with Gasteiger partial charge < -0.3 is 14.3 Å². The predicted molar refractivity (Wildman–Crippen MR) is 83.9 cm³/mol. The number of ether oxygens (including phenoxy) is 1. The minimum absolute atomic E-state index is 0.307. The molecular weight excluding hydrogens is 296 g/mol. The molecule has 3 rings (SSSR count). The molecule has 2 aromatic rings. The fourth-order valence-corrected chi connectivity index (χ4v) is 3.02. The minimum Gasteiger partial charge on any atom is -0.467 e. The van der Waals surface area contributed by atoms with E-state index in [9.17, 15) is 5.11 Å². The van der Waals surface area contributed by atoms with E-state index >= 15 is 0 Å². The maximum absolute atomic E-state index is 10.2. The molecule has 0 bridgehead atoms. The van der Waals surface area contributed by atoms with Gasteiger partial charge >= 0.3 is 0 Å². The van der Waals surface area contributed by atoms with Gasteiger partial charge in [0.1, 0.15) is 18.2 Å². The number of rotatable bonds is 7. The largest absolute Gasteiger partial charge is 0.467 e. The van der Waals surface area contributed by atoms with Crippen molar-refractivity contribution in [2.24, 2.45) is 0 Å². The van der Waals surface area contributed by atoms with Crippen molar-refractivity contribution in [3.05, 3.63) is 35.8 Å². The zero-order valence-electron chi connectivity index (χ0n) is 13.4. The molecule has 0 aromatic carbocycles. The van der Waals surface area contributed by atoms with Crippen molar-refractivity contribution in [1.29, 1.82) is 0 Å². The zero-order chi connectivity index (χ0) is 16.1. The lowest BCUT2D eigenvalue weighted by atomic mass is 9.97. The van der Waals surface area contributed by atoms with Gasteiger partial charge in [-0.1, -0.05) is 0 Å². The molecule has 0 radical (unpaired) electrons. The van der Waals surface area contributed by atoms with Crippen LogP contribution >= 0.6 is 0 Å². The van der Waals surface area contributed by atoms with Crippen LogP contribution in [-0.2, 0) is 11.3 Å². The maximum atomic E-state index is 10.2. The average molecular weight is 320 g/mol. The highest BCUT2D eigenvalue weighted by molar-refractivity contribution is 5.00. The topological polar surface area (TPSA) is 87.4 Å². The minimum atomic E-state index is -0.502. The Kier molecular flexibility index (Phi) is 5.43. The number of aromatic nitrogens is 3. The van der Waals surface area contributed by atoms with Gasteiger partial charge in [-0.3, -0.25) is 10.00 Å². The molecule has 7 nitrogen and oxygen atoms in total. The van der Waals surface area contributed by atoms with Gasteiger partial charge in [-0.25, -0.2) is 4.98 Å². The number of aromatic amines is 1. The molecular formula is C16H24N4O3. The van der Waals surface area contributed by atoms with E-state index in [1.807, 2.05) is 19.1 Å². The summed E-state index contributed by atoms with van der Waals surface area (Å²) in [7, 11) is 0. The fourth-order valence-electron chi connectivity index (χ4n) is 3.02. The number of H-pyrrole nitrogens is 1. The van der Waals surface area contributed by atoms with Crippen LogP contribution in [0.3, 0.4) is 0 Å². The third-order valence-electron chi connectivity index (χ3n) is 4.09. The molecule has 126 valence electrons. The van der Waals surface area contributed by atoms with Crippen LogP contribution < -0.4 is 0 Å². The second kappa shape index (κ2) is 7.72. The van der Waals surface area contributed by atoms with Crippen LogP contribution in [0.25, 0.3) is 0 Å². The van der Waals surface area contributed by atoms with Crippen LogP contribution in [-0.4, -0.2) is 57.5 Å². The van der Waals surface area contributed by atoms with Gasteiger partial charge in [0, 0.05) is 19.0 Å². The van der Waals surface area contributed by atoms with E-state index in [0.29, 0.717) is 25.7 Å². The number of aliphatic hydroxyl groups excluding tert-OH is 1. The molecule has 0 spiro atoms. The number of aryl methyl sites for hydroxylation is 1. The first-order valence-corrected chi connectivity index (χ1v) is 8.10. The Bertz CT molecular complexity index is 584. The van der Waals surface area contributed by atoms with Crippen LogP contribution in [0, 0.1) is 6.92 Å². The molecule has 2 aromatic heterocycles. The Labute approximate surface area is 135 Å². The van der Waals surface area contributed by atoms with Crippen molar-refractivity contribution in [3.63, 3.8) is 0 Å². The number of nitrogens with zero attached hydrogens (tertiary/aromatic N) is 3. The quantitative estimate of drug-likeness (QED) is 0.803. The summed E-state index contributed by atoms with van der Waals surface area (Å²) in [4.78, 5) is 6.70. The van der Waals surface area contributed by atoms with E-state index in [2.05, 4.69) is 20.1 Å². The summed E-state index contributed by atoms with van der Waals surface area (Å²) in [6.07, 6.45) is 3.31. The molecule has 1 fully saturated rings. The molecule has 1 aliphatic heterocycles. The number of hydrogen-bond donors (Lipinski definition) is 2. The number of furan rings is 1. The van der Waals surface area contributed by atoms with Gasteiger partial charge in [0.25, 0.3) is 0 Å². The standard InChI is InChI=1S/C16H24N4O3/c1-12-17-16(19-18-12)13-4-2-6-20(8-13)9-14(21)10-22-11-15-5-3-7-23-15/h3,5,7,13-14,21H,2,4,6,8-11H2,1H3,(H,17,18,19). The van der Waals surface area contributed by atoms with Crippen molar-refractivity contribution in [2.45, 2.75) is 38.4 Å². The third kappa shape index (κ3) is 4.63. The van der Waals surface area contributed by atoms with E-state index in [1.54, 1.807) is 6.26 Å². The smallest absolute Gasteiger partial charge is 0.155 e. The zero-order valence-corrected chi connectivity index (χ0v) is 13.4. The summed E-state index contributed by atoms with van der Waals surface area (Å²) in [5.74, 6) is 2.85. The van der Waals surface area contributed by atoms with Gasteiger partial charge in [-0.15, -0.1) is 0 Å².